The summed E-state index contributed by atoms with van der Waals surface area (Å²) in [6.07, 6.45) is 4.81. The van der Waals surface area contributed by atoms with Gasteiger partial charge in [0.05, 0.1) is 16.0 Å². The Kier molecular flexibility index (Phi) is 9.69. The van der Waals surface area contributed by atoms with Crippen LogP contribution >= 0.6 is 51.5 Å². The Morgan fingerprint density at radius 2 is 1.87 bits per heavy atom. The van der Waals surface area contributed by atoms with E-state index < -0.39 is 11.8 Å². The molecule has 2 aromatic rings. The number of rotatable bonds is 8. The van der Waals surface area contributed by atoms with Crippen molar-refractivity contribution in [2.24, 2.45) is 0 Å². The van der Waals surface area contributed by atoms with Crippen LogP contribution in [-0.2, 0) is 9.59 Å². The van der Waals surface area contributed by atoms with Gasteiger partial charge in [-0.15, -0.1) is 0 Å². The number of likely N-dealkylation sites (tertiary alicyclic amines) is 1. The van der Waals surface area contributed by atoms with Crippen LogP contribution in [0.2, 0.25) is 5.02 Å². The van der Waals surface area contributed by atoms with Gasteiger partial charge in [-0.1, -0.05) is 23.4 Å². The van der Waals surface area contributed by atoms with Gasteiger partial charge in [-0.05, 0) is 102 Å². The Balaban J connectivity index is 1.48. The largest absolute Gasteiger partial charge is 0.490 e. The fourth-order valence-corrected chi connectivity index (χ4v) is 5.81. The molecule has 0 unspecified atom stereocenters. The van der Waals surface area contributed by atoms with Crippen molar-refractivity contribution in [3.8, 4) is 11.5 Å². The zero-order chi connectivity index (χ0) is 27.2. The molecule has 2 heterocycles. The molecule has 0 spiro atoms. The van der Waals surface area contributed by atoms with Gasteiger partial charge in [0.25, 0.3) is 17.7 Å². The quantitative estimate of drug-likeness (QED) is 0.304. The molecule has 0 aromatic heterocycles. The molecule has 0 radical (unpaired) electrons. The van der Waals surface area contributed by atoms with Gasteiger partial charge in [0, 0.05) is 23.7 Å². The number of halogens is 2. The second-order valence-electron chi connectivity index (χ2n) is 8.46. The van der Waals surface area contributed by atoms with Gasteiger partial charge in [0.1, 0.15) is 0 Å². The minimum Gasteiger partial charge on any atom is -0.490 e. The van der Waals surface area contributed by atoms with E-state index in [0.717, 1.165) is 49.1 Å². The van der Waals surface area contributed by atoms with Crippen molar-refractivity contribution in [1.82, 2.24) is 15.3 Å². The number of carbonyl (C=O) groups is 3. The predicted molar refractivity (Wildman–Crippen MR) is 155 cm³/mol. The third-order valence-electron chi connectivity index (χ3n) is 5.79. The summed E-state index contributed by atoms with van der Waals surface area (Å²) in [4.78, 5) is 40.3. The highest BCUT2D eigenvalue weighted by Gasteiger charge is 2.34. The van der Waals surface area contributed by atoms with E-state index in [1.165, 1.54) is 0 Å². The summed E-state index contributed by atoms with van der Waals surface area (Å²) in [6.45, 7) is 3.63. The summed E-state index contributed by atoms with van der Waals surface area (Å²) < 4.78 is 12.4. The molecule has 38 heavy (non-hydrogen) atoms. The van der Waals surface area contributed by atoms with Gasteiger partial charge >= 0.3 is 0 Å². The first kappa shape index (κ1) is 28.4. The standard InChI is InChI=1S/C26H25BrClN3O5S2/c1-2-35-20-13-16(12-19(27)23(20)36-15-22(32)30-10-4-3-5-11-30)14-21-25(34)31(26(37)38-21)29-24(33)17-6-8-18(28)9-7-17/h6-9,12-14H,2-5,10-11,15H2,1H3,(H,29,33)/b21-14+. The molecule has 4 rings (SSSR count). The van der Waals surface area contributed by atoms with Crippen LogP contribution in [-0.4, -0.2) is 58.3 Å². The van der Waals surface area contributed by atoms with Gasteiger partial charge in [0.2, 0.25) is 0 Å². The molecule has 0 atom stereocenters. The van der Waals surface area contributed by atoms with Crippen LogP contribution < -0.4 is 14.9 Å². The zero-order valence-electron chi connectivity index (χ0n) is 20.5. The highest BCUT2D eigenvalue weighted by atomic mass is 79.9. The highest BCUT2D eigenvalue weighted by molar-refractivity contribution is 9.10. The number of thioether (sulfide) groups is 1. The van der Waals surface area contributed by atoms with E-state index in [4.69, 9.17) is 33.3 Å². The molecule has 2 saturated heterocycles. The molecule has 2 aromatic carbocycles. The number of hydrogen-bond acceptors (Lipinski definition) is 7. The molecule has 200 valence electrons. The molecule has 2 fully saturated rings. The lowest BCUT2D eigenvalue weighted by molar-refractivity contribution is -0.134. The SMILES string of the molecule is CCOc1cc(/C=C2/SC(=S)N(NC(=O)c3ccc(Cl)cc3)C2=O)cc(Br)c1OCC(=O)N1CCCCC1. The predicted octanol–water partition coefficient (Wildman–Crippen LogP) is 5.44. The minimum atomic E-state index is -0.485. The number of nitrogens with zero attached hydrogens (tertiary/aromatic N) is 2. The second-order valence-corrected chi connectivity index (χ2v) is 11.4. The van der Waals surface area contributed by atoms with Gasteiger partial charge in [-0.2, -0.15) is 5.01 Å². The summed E-state index contributed by atoms with van der Waals surface area (Å²) in [6, 6.07) is 9.79. The van der Waals surface area contributed by atoms with E-state index in [1.54, 1.807) is 42.5 Å². The summed E-state index contributed by atoms with van der Waals surface area (Å²) >= 11 is 15.8. The van der Waals surface area contributed by atoms with Crippen molar-refractivity contribution < 1.29 is 23.9 Å². The lowest BCUT2D eigenvalue weighted by Gasteiger charge is -2.26. The number of ether oxygens (including phenoxy) is 2. The summed E-state index contributed by atoms with van der Waals surface area (Å²) in [7, 11) is 0. The lowest BCUT2D eigenvalue weighted by atomic mass is 10.1. The fraction of sp³-hybridized carbons (Fsp3) is 0.308. The molecule has 0 saturated carbocycles. The number of hydrazine groups is 1. The molecule has 3 amide bonds. The summed E-state index contributed by atoms with van der Waals surface area (Å²) in [5.41, 5.74) is 3.54. The van der Waals surface area contributed by atoms with E-state index in [2.05, 4.69) is 21.4 Å². The van der Waals surface area contributed by atoms with E-state index in [-0.39, 0.29) is 16.8 Å². The number of nitrogens with one attached hydrogen (secondary N) is 1. The van der Waals surface area contributed by atoms with Crippen molar-refractivity contribution in [1.29, 1.82) is 0 Å². The number of piperidine rings is 1. The topological polar surface area (TPSA) is 88.2 Å². The van der Waals surface area contributed by atoms with E-state index >= 15 is 0 Å². The number of thiocarbonyl (C=S) groups is 1. The molecular weight excluding hydrogens is 614 g/mol. The molecule has 1 N–H and O–H groups in total. The number of amides is 3. The Morgan fingerprint density at radius 1 is 1.16 bits per heavy atom. The van der Waals surface area contributed by atoms with Gasteiger partial charge in [-0.3, -0.25) is 19.8 Å². The van der Waals surface area contributed by atoms with Crippen molar-refractivity contribution in [2.45, 2.75) is 26.2 Å². The fourth-order valence-electron chi connectivity index (χ4n) is 3.93. The van der Waals surface area contributed by atoms with Crippen LogP contribution in [0.5, 0.6) is 11.5 Å². The Hall–Kier alpha value is -2.60. The number of benzene rings is 2. The number of carbonyl (C=O) groups excluding carboxylic acids is 3. The first-order valence-corrected chi connectivity index (χ1v) is 14.4. The average molecular weight is 639 g/mol. The summed E-state index contributed by atoms with van der Waals surface area (Å²) in [5.74, 6) is -0.152. The third kappa shape index (κ3) is 6.88. The monoisotopic (exact) mass is 637 g/mol. The molecule has 2 aliphatic rings. The highest BCUT2D eigenvalue weighted by Crippen LogP contribution is 2.39. The van der Waals surface area contributed by atoms with Crippen molar-refractivity contribution in [2.75, 3.05) is 26.3 Å². The van der Waals surface area contributed by atoms with E-state index in [0.29, 0.717) is 43.6 Å². The Morgan fingerprint density at radius 3 is 2.55 bits per heavy atom. The number of hydrogen-bond donors (Lipinski definition) is 1. The van der Waals surface area contributed by atoms with Crippen LogP contribution in [0.3, 0.4) is 0 Å². The van der Waals surface area contributed by atoms with E-state index in [1.807, 2.05) is 11.8 Å². The van der Waals surface area contributed by atoms with Crippen LogP contribution in [0.25, 0.3) is 6.08 Å². The maximum absolute atomic E-state index is 13.0. The normalized spacial score (nSPS) is 16.7. The third-order valence-corrected chi connectivity index (χ3v) is 7.93. The van der Waals surface area contributed by atoms with E-state index in [9.17, 15) is 14.4 Å². The smallest absolute Gasteiger partial charge is 0.285 e. The van der Waals surface area contributed by atoms with Crippen molar-refractivity contribution in [3.05, 3.63) is 61.9 Å². The lowest BCUT2D eigenvalue weighted by Crippen LogP contribution is -2.44. The van der Waals surface area contributed by atoms with Crippen LogP contribution in [0.15, 0.2) is 45.8 Å². The second kappa shape index (κ2) is 13.0. The van der Waals surface area contributed by atoms with Crippen LogP contribution in [0.4, 0.5) is 0 Å². The Bertz CT molecular complexity index is 1280. The maximum atomic E-state index is 13.0. The zero-order valence-corrected chi connectivity index (χ0v) is 24.5. The molecule has 12 heteroatoms. The van der Waals surface area contributed by atoms with Gasteiger partial charge in [-0.25, -0.2) is 0 Å². The average Bonchev–Trinajstić information content (AvgIpc) is 3.16. The van der Waals surface area contributed by atoms with Crippen molar-refractivity contribution >= 4 is 79.6 Å². The molecule has 0 bridgehead atoms. The van der Waals surface area contributed by atoms with Crippen molar-refractivity contribution in [3.63, 3.8) is 0 Å². The molecular formula is C26H25BrClN3O5S2. The Labute approximate surface area is 243 Å². The summed E-state index contributed by atoms with van der Waals surface area (Å²) in [5, 5.41) is 1.54. The van der Waals surface area contributed by atoms with Gasteiger partial charge < -0.3 is 14.4 Å². The first-order valence-electron chi connectivity index (χ1n) is 12.0. The maximum Gasteiger partial charge on any atom is 0.285 e. The van der Waals surface area contributed by atoms with Crippen LogP contribution in [0.1, 0.15) is 42.1 Å². The van der Waals surface area contributed by atoms with Crippen LogP contribution in [0, 0.1) is 0 Å². The first-order chi connectivity index (χ1) is 18.3. The molecule has 8 nitrogen and oxygen atoms in total. The minimum absolute atomic E-state index is 0.0625. The molecule has 0 aliphatic carbocycles. The van der Waals surface area contributed by atoms with Gasteiger partial charge in [0.15, 0.2) is 22.4 Å². The molecule has 2 aliphatic heterocycles.